The molecule has 2 saturated heterocycles. The number of phenols is 1. The van der Waals surface area contributed by atoms with Crippen LogP contribution in [-0.4, -0.2) is 89.1 Å². The van der Waals surface area contributed by atoms with Gasteiger partial charge >= 0.3 is 6.01 Å². The van der Waals surface area contributed by atoms with E-state index in [1.165, 1.54) is 17.0 Å². The molecule has 12 heteroatoms. The lowest BCUT2D eigenvalue weighted by atomic mass is 9.96. The Morgan fingerprint density at radius 3 is 2.70 bits per heavy atom. The number of anilines is 1. The van der Waals surface area contributed by atoms with Gasteiger partial charge in [0.2, 0.25) is 5.91 Å². The van der Waals surface area contributed by atoms with Crippen LogP contribution in [-0.2, 0) is 4.79 Å². The minimum absolute atomic E-state index is 0.00124. The summed E-state index contributed by atoms with van der Waals surface area (Å²) < 4.78 is 53.1. The summed E-state index contributed by atoms with van der Waals surface area (Å²) in [5.74, 6) is -4.78. The van der Waals surface area contributed by atoms with Gasteiger partial charge in [-0.3, -0.25) is 4.79 Å². The number of carbonyl (C=O) groups is 1. The molecule has 2 aliphatic heterocycles. The van der Waals surface area contributed by atoms with E-state index >= 15 is 13.2 Å². The highest BCUT2D eigenvalue weighted by atomic mass is 35.5. The first-order valence-corrected chi connectivity index (χ1v) is 14.7. The van der Waals surface area contributed by atoms with Gasteiger partial charge in [0, 0.05) is 30.1 Å². The molecule has 230 valence electrons. The molecule has 0 unspecified atom stereocenters. The quantitative estimate of drug-likeness (QED) is 0.268. The standard InChI is InChI=1S/C32H31ClF3N5O3/c1-3-26(43)40-11-12-41(18-32(35,36)17-40)30-24-15-25(33)27(23-14-21(42)13-19-7-4-5-9-22(19)23)28(34)29(24)37-31(38-30)44-16-20-8-6-10-39(20)2/h3-5,7,9,13-15,20,42H,1,6,8,10-12,16-18H2,2H3/t20-/m0/s1. The SMILES string of the molecule is C=CC(=O)N1CCN(c2nc(OC[C@@H]3CCCN3C)nc3c(F)c(-c4cc(O)cc5ccccc45)c(Cl)cc23)CC(F)(F)C1. The maximum atomic E-state index is 16.7. The predicted octanol–water partition coefficient (Wildman–Crippen LogP) is 5.89. The lowest BCUT2D eigenvalue weighted by molar-refractivity contribution is -0.130. The van der Waals surface area contributed by atoms with Crippen LogP contribution in [0.4, 0.5) is 19.0 Å². The van der Waals surface area contributed by atoms with Gasteiger partial charge in [-0.15, -0.1) is 0 Å². The average Bonchev–Trinajstić information content (AvgIpc) is 3.32. The normalized spacial score (nSPS) is 19.0. The Hall–Kier alpha value is -4.09. The molecule has 0 saturated carbocycles. The number of amides is 1. The second-order valence-corrected chi connectivity index (χ2v) is 11.7. The van der Waals surface area contributed by atoms with Gasteiger partial charge in [-0.25, -0.2) is 13.2 Å². The fourth-order valence-electron chi connectivity index (χ4n) is 6.08. The first-order valence-electron chi connectivity index (χ1n) is 14.3. The largest absolute Gasteiger partial charge is 0.508 e. The number of hydrogen-bond acceptors (Lipinski definition) is 7. The number of aromatic nitrogens is 2. The molecule has 2 aliphatic rings. The van der Waals surface area contributed by atoms with Crippen molar-refractivity contribution in [1.29, 1.82) is 0 Å². The highest BCUT2D eigenvalue weighted by Crippen LogP contribution is 2.43. The maximum absolute atomic E-state index is 16.7. The second kappa shape index (κ2) is 11.8. The third-order valence-electron chi connectivity index (χ3n) is 8.30. The van der Waals surface area contributed by atoms with E-state index in [0.717, 1.165) is 30.4 Å². The van der Waals surface area contributed by atoms with Crippen molar-refractivity contribution in [3.63, 3.8) is 0 Å². The van der Waals surface area contributed by atoms with E-state index in [0.29, 0.717) is 16.3 Å². The molecule has 1 N–H and O–H groups in total. The van der Waals surface area contributed by atoms with Crippen molar-refractivity contribution in [2.75, 3.05) is 51.3 Å². The first kappa shape index (κ1) is 30.0. The van der Waals surface area contributed by atoms with Crippen LogP contribution in [0.3, 0.4) is 0 Å². The topological polar surface area (TPSA) is 82.0 Å². The zero-order valence-electron chi connectivity index (χ0n) is 24.1. The van der Waals surface area contributed by atoms with Crippen LogP contribution in [0.2, 0.25) is 5.02 Å². The van der Waals surface area contributed by atoms with Gasteiger partial charge in [0.1, 0.15) is 23.7 Å². The molecule has 2 fully saturated rings. The molecular formula is C32H31ClF3N5O3. The summed E-state index contributed by atoms with van der Waals surface area (Å²) in [5, 5.41) is 11.9. The zero-order chi connectivity index (χ0) is 31.2. The lowest BCUT2D eigenvalue weighted by Crippen LogP contribution is -2.41. The number of hydrogen-bond donors (Lipinski definition) is 1. The Labute approximate surface area is 257 Å². The van der Waals surface area contributed by atoms with E-state index in [-0.39, 0.29) is 64.8 Å². The van der Waals surface area contributed by atoms with Crippen LogP contribution >= 0.6 is 11.6 Å². The predicted molar refractivity (Wildman–Crippen MR) is 164 cm³/mol. The van der Waals surface area contributed by atoms with Crippen molar-refractivity contribution in [3.05, 3.63) is 66.0 Å². The summed E-state index contributed by atoms with van der Waals surface area (Å²) in [5.41, 5.74) is 0.185. The summed E-state index contributed by atoms with van der Waals surface area (Å²) >= 11 is 6.74. The van der Waals surface area contributed by atoms with Crippen LogP contribution in [0.1, 0.15) is 12.8 Å². The number of phenolic OH excluding ortho intramolecular Hbond substituents is 1. The summed E-state index contributed by atoms with van der Waals surface area (Å²) in [6.45, 7) is 2.96. The third-order valence-corrected chi connectivity index (χ3v) is 8.60. The molecule has 0 spiro atoms. The number of benzene rings is 3. The van der Waals surface area contributed by atoms with Crippen LogP contribution in [0.15, 0.2) is 55.1 Å². The number of ether oxygens (including phenoxy) is 1. The summed E-state index contributed by atoms with van der Waals surface area (Å²) in [6.07, 6.45) is 2.91. The molecule has 1 amide bonds. The van der Waals surface area contributed by atoms with Crippen LogP contribution in [0, 0.1) is 5.82 Å². The smallest absolute Gasteiger partial charge is 0.319 e. The molecule has 8 nitrogen and oxygen atoms in total. The Morgan fingerprint density at radius 1 is 1.16 bits per heavy atom. The average molecular weight is 626 g/mol. The number of rotatable bonds is 6. The maximum Gasteiger partial charge on any atom is 0.319 e. The summed E-state index contributed by atoms with van der Waals surface area (Å²) in [6, 6.07) is 11.6. The first-order chi connectivity index (χ1) is 21.0. The summed E-state index contributed by atoms with van der Waals surface area (Å²) in [4.78, 5) is 25.7. The van der Waals surface area contributed by atoms with E-state index in [9.17, 15) is 9.90 Å². The Kier molecular flexibility index (Phi) is 8.02. The number of likely N-dealkylation sites (N-methyl/N-ethyl adjacent to an activating group) is 1. The molecule has 4 aromatic rings. The molecule has 0 aliphatic carbocycles. The monoisotopic (exact) mass is 625 g/mol. The molecule has 3 aromatic carbocycles. The van der Waals surface area contributed by atoms with Crippen molar-refractivity contribution >= 4 is 45.0 Å². The zero-order valence-corrected chi connectivity index (χ0v) is 24.8. The van der Waals surface area contributed by atoms with Crippen LogP contribution < -0.4 is 9.64 Å². The van der Waals surface area contributed by atoms with Gasteiger partial charge in [0.25, 0.3) is 5.92 Å². The molecule has 1 atom stereocenters. The van der Waals surface area contributed by atoms with Gasteiger partial charge < -0.3 is 24.5 Å². The van der Waals surface area contributed by atoms with Crippen molar-refractivity contribution in [1.82, 2.24) is 19.8 Å². The second-order valence-electron chi connectivity index (χ2n) is 11.3. The molecule has 0 radical (unpaired) electrons. The Morgan fingerprint density at radius 2 is 1.95 bits per heavy atom. The van der Waals surface area contributed by atoms with Crippen molar-refractivity contribution in [3.8, 4) is 22.9 Å². The van der Waals surface area contributed by atoms with Gasteiger partial charge in [-0.1, -0.05) is 42.4 Å². The van der Waals surface area contributed by atoms with E-state index < -0.39 is 30.7 Å². The molecule has 44 heavy (non-hydrogen) atoms. The van der Waals surface area contributed by atoms with E-state index in [1.54, 1.807) is 30.3 Å². The van der Waals surface area contributed by atoms with Crippen LogP contribution in [0.5, 0.6) is 11.8 Å². The molecular weight excluding hydrogens is 595 g/mol. The number of carbonyl (C=O) groups excluding carboxylic acids is 1. The van der Waals surface area contributed by atoms with Crippen molar-refractivity contribution in [2.24, 2.45) is 0 Å². The van der Waals surface area contributed by atoms with Gasteiger partial charge in [0.15, 0.2) is 5.82 Å². The van der Waals surface area contributed by atoms with Crippen molar-refractivity contribution < 1.29 is 27.8 Å². The molecule has 0 bridgehead atoms. The molecule has 1 aromatic heterocycles. The number of fused-ring (bicyclic) bond motifs is 2. The number of halogens is 4. The highest BCUT2D eigenvalue weighted by Gasteiger charge is 2.39. The molecule has 6 rings (SSSR count). The number of aromatic hydroxyl groups is 1. The van der Waals surface area contributed by atoms with Gasteiger partial charge in [-0.2, -0.15) is 9.97 Å². The lowest BCUT2D eigenvalue weighted by Gasteiger charge is -2.26. The minimum Gasteiger partial charge on any atom is -0.508 e. The molecule has 3 heterocycles. The van der Waals surface area contributed by atoms with E-state index in [1.807, 2.05) is 7.05 Å². The summed E-state index contributed by atoms with van der Waals surface area (Å²) in [7, 11) is 1.98. The fourth-order valence-corrected chi connectivity index (χ4v) is 6.37. The Balaban J connectivity index is 1.51. The Bertz CT molecular complexity index is 1770. The van der Waals surface area contributed by atoms with Gasteiger partial charge in [-0.05, 0) is 67.0 Å². The van der Waals surface area contributed by atoms with E-state index in [2.05, 4.69) is 21.4 Å². The van der Waals surface area contributed by atoms with Gasteiger partial charge in [0.05, 0.1) is 18.1 Å². The fraction of sp³-hybridized carbons (Fsp3) is 0.344. The van der Waals surface area contributed by atoms with E-state index in [4.69, 9.17) is 16.3 Å². The number of nitrogens with zero attached hydrogens (tertiary/aromatic N) is 5. The number of likely N-dealkylation sites (tertiary alicyclic amines) is 1. The van der Waals surface area contributed by atoms with Crippen molar-refractivity contribution in [2.45, 2.75) is 24.8 Å². The third kappa shape index (κ3) is 5.73. The minimum atomic E-state index is -3.30. The highest BCUT2D eigenvalue weighted by molar-refractivity contribution is 6.35. The van der Waals surface area contributed by atoms with Crippen LogP contribution in [0.25, 0.3) is 32.8 Å². The number of alkyl halides is 2.